The number of nitrogens with zero attached hydrogens (tertiary/aromatic N) is 2. The molecule has 0 spiro atoms. The first kappa shape index (κ1) is 10.6. The molecule has 0 unspecified atom stereocenters. The third-order valence-corrected chi connectivity index (χ3v) is 2.86. The molecule has 1 aromatic heterocycles. The van der Waals surface area contributed by atoms with Gasteiger partial charge < -0.3 is 10.3 Å². The first-order chi connectivity index (χ1) is 6.38. The van der Waals surface area contributed by atoms with Gasteiger partial charge in [0.25, 0.3) is 0 Å². The first-order valence-electron chi connectivity index (χ1n) is 4.66. The molecule has 0 bridgehead atoms. The zero-order valence-corrected chi connectivity index (χ0v) is 8.89. The van der Waals surface area contributed by atoms with Gasteiger partial charge in [-0.25, -0.2) is 4.98 Å². The van der Waals surface area contributed by atoms with Crippen molar-refractivity contribution in [3.8, 4) is 0 Å². The minimum Gasteiger partial charge on any atom is -0.334 e. The lowest BCUT2D eigenvalue weighted by Crippen LogP contribution is -2.08. The van der Waals surface area contributed by atoms with Crippen LogP contribution in [0.15, 0.2) is 12.4 Å². The Morgan fingerprint density at radius 1 is 1.62 bits per heavy atom. The van der Waals surface area contributed by atoms with Crippen molar-refractivity contribution >= 4 is 11.8 Å². The Bertz CT molecular complexity index is 235. The van der Waals surface area contributed by atoms with E-state index in [4.69, 9.17) is 5.73 Å². The van der Waals surface area contributed by atoms with Crippen LogP contribution in [0.1, 0.15) is 19.2 Å². The van der Waals surface area contributed by atoms with E-state index in [-0.39, 0.29) is 0 Å². The number of thioether (sulfide) groups is 1. The lowest BCUT2D eigenvalue weighted by atomic mass is 10.4. The van der Waals surface area contributed by atoms with Gasteiger partial charge in [-0.1, -0.05) is 6.92 Å². The molecule has 0 radical (unpaired) electrons. The fourth-order valence-electron chi connectivity index (χ4n) is 1.21. The summed E-state index contributed by atoms with van der Waals surface area (Å²) in [6, 6.07) is 0. The van der Waals surface area contributed by atoms with Crippen molar-refractivity contribution in [2.24, 2.45) is 5.73 Å². The minimum absolute atomic E-state index is 0.536. The lowest BCUT2D eigenvalue weighted by molar-refractivity contribution is 0.642. The normalized spacial score (nSPS) is 10.6. The zero-order chi connectivity index (χ0) is 9.52. The van der Waals surface area contributed by atoms with Gasteiger partial charge in [-0.15, -0.1) is 0 Å². The van der Waals surface area contributed by atoms with Gasteiger partial charge in [0.2, 0.25) is 0 Å². The molecule has 0 aliphatic heterocycles. The van der Waals surface area contributed by atoms with Gasteiger partial charge in [0.15, 0.2) is 0 Å². The number of imidazole rings is 1. The van der Waals surface area contributed by atoms with Crippen LogP contribution in [0.4, 0.5) is 0 Å². The van der Waals surface area contributed by atoms with Gasteiger partial charge in [0.1, 0.15) is 5.82 Å². The number of aromatic nitrogens is 2. The standard InChI is InChI=1S/C9H17N3S/c1-2-13-7-3-5-12-6-4-11-9(12)8-10/h4,6H,2-3,5,7-8,10H2,1H3. The highest BCUT2D eigenvalue weighted by Crippen LogP contribution is 2.04. The van der Waals surface area contributed by atoms with Crippen LogP contribution < -0.4 is 5.73 Å². The average Bonchev–Trinajstić information content (AvgIpc) is 2.60. The topological polar surface area (TPSA) is 43.8 Å². The highest BCUT2D eigenvalue weighted by molar-refractivity contribution is 7.99. The van der Waals surface area contributed by atoms with Crippen LogP contribution in [0.25, 0.3) is 0 Å². The summed E-state index contributed by atoms with van der Waals surface area (Å²) in [5.74, 6) is 3.41. The fraction of sp³-hybridized carbons (Fsp3) is 0.667. The lowest BCUT2D eigenvalue weighted by Gasteiger charge is -2.05. The SMILES string of the molecule is CCSCCCn1ccnc1CN. The summed E-state index contributed by atoms with van der Waals surface area (Å²) in [4.78, 5) is 4.16. The number of rotatable bonds is 6. The maximum atomic E-state index is 5.54. The van der Waals surface area contributed by atoms with Crippen molar-refractivity contribution in [3.63, 3.8) is 0 Å². The summed E-state index contributed by atoms with van der Waals surface area (Å²) in [5.41, 5.74) is 5.54. The molecule has 0 fully saturated rings. The number of aryl methyl sites for hydroxylation is 1. The monoisotopic (exact) mass is 199 g/mol. The predicted octanol–water partition coefficient (Wildman–Crippen LogP) is 1.48. The van der Waals surface area contributed by atoms with Crippen molar-refractivity contribution in [1.82, 2.24) is 9.55 Å². The van der Waals surface area contributed by atoms with Crippen LogP contribution in [0.3, 0.4) is 0 Å². The minimum atomic E-state index is 0.536. The van der Waals surface area contributed by atoms with Gasteiger partial charge in [0, 0.05) is 18.9 Å². The van der Waals surface area contributed by atoms with Crippen LogP contribution in [0.5, 0.6) is 0 Å². The van der Waals surface area contributed by atoms with Gasteiger partial charge in [-0.05, 0) is 17.9 Å². The third-order valence-electron chi connectivity index (χ3n) is 1.88. The van der Waals surface area contributed by atoms with E-state index >= 15 is 0 Å². The van der Waals surface area contributed by atoms with E-state index in [1.54, 1.807) is 0 Å². The molecule has 4 heteroatoms. The van der Waals surface area contributed by atoms with Gasteiger partial charge in [-0.3, -0.25) is 0 Å². The van der Waals surface area contributed by atoms with E-state index in [0.717, 1.165) is 12.4 Å². The van der Waals surface area contributed by atoms with E-state index in [9.17, 15) is 0 Å². The largest absolute Gasteiger partial charge is 0.334 e. The summed E-state index contributed by atoms with van der Waals surface area (Å²) in [6.45, 7) is 3.76. The molecule has 0 aliphatic rings. The Morgan fingerprint density at radius 3 is 3.15 bits per heavy atom. The molecular formula is C9H17N3S. The predicted molar refractivity (Wildman–Crippen MR) is 57.7 cm³/mol. The summed E-state index contributed by atoms with van der Waals surface area (Å²) >= 11 is 1.98. The molecule has 0 amide bonds. The first-order valence-corrected chi connectivity index (χ1v) is 5.81. The van der Waals surface area contributed by atoms with Gasteiger partial charge in [0.05, 0.1) is 6.54 Å². The smallest absolute Gasteiger partial charge is 0.122 e. The molecule has 0 atom stereocenters. The van der Waals surface area contributed by atoms with E-state index < -0.39 is 0 Å². The van der Waals surface area contributed by atoms with Crippen LogP contribution >= 0.6 is 11.8 Å². The van der Waals surface area contributed by atoms with Crippen LogP contribution in [-0.4, -0.2) is 21.1 Å². The summed E-state index contributed by atoms with van der Waals surface area (Å²) in [6.07, 6.45) is 5.01. The van der Waals surface area contributed by atoms with Gasteiger partial charge in [-0.2, -0.15) is 11.8 Å². The molecular weight excluding hydrogens is 182 g/mol. The second-order valence-electron chi connectivity index (χ2n) is 2.79. The summed E-state index contributed by atoms with van der Waals surface area (Å²) < 4.78 is 2.14. The highest BCUT2D eigenvalue weighted by atomic mass is 32.2. The number of hydrogen-bond acceptors (Lipinski definition) is 3. The molecule has 0 aromatic carbocycles. The third kappa shape index (κ3) is 3.40. The van der Waals surface area contributed by atoms with Gasteiger partial charge >= 0.3 is 0 Å². The van der Waals surface area contributed by atoms with Crippen LogP contribution in [0.2, 0.25) is 0 Å². The van der Waals surface area contributed by atoms with Crippen LogP contribution in [-0.2, 0) is 13.1 Å². The summed E-state index contributed by atoms with van der Waals surface area (Å²) in [5, 5.41) is 0. The van der Waals surface area contributed by atoms with E-state index in [1.165, 1.54) is 17.9 Å². The van der Waals surface area contributed by atoms with E-state index in [1.807, 2.05) is 24.2 Å². The van der Waals surface area contributed by atoms with Crippen molar-refractivity contribution in [3.05, 3.63) is 18.2 Å². The second-order valence-corrected chi connectivity index (χ2v) is 4.19. The van der Waals surface area contributed by atoms with Crippen molar-refractivity contribution < 1.29 is 0 Å². The second kappa shape index (κ2) is 6.05. The molecule has 1 heterocycles. The van der Waals surface area contributed by atoms with Crippen LogP contribution in [0, 0.1) is 0 Å². The molecule has 0 saturated carbocycles. The Labute approximate surface area is 83.7 Å². The van der Waals surface area contributed by atoms with E-state index in [0.29, 0.717) is 6.54 Å². The molecule has 2 N–H and O–H groups in total. The Hall–Kier alpha value is -0.480. The molecule has 1 aromatic rings. The maximum Gasteiger partial charge on any atom is 0.122 e. The zero-order valence-electron chi connectivity index (χ0n) is 8.07. The van der Waals surface area contributed by atoms with E-state index in [2.05, 4.69) is 16.5 Å². The summed E-state index contributed by atoms with van der Waals surface area (Å²) in [7, 11) is 0. The molecule has 74 valence electrons. The fourth-order valence-corrected chi connectivity index (χ4v) is 1.84. The quantitative estimate of drug-likeness (QED) is 0.706. The van der Waals surface area contributed by atoms with Crippen molar-refractivity contribution in [2.45, 2.75) is 26.4 Å². The number of hydrogen-bond donors (Lipinski definition) is 1. The Balaban J connectivity index is 2.27. The molecule has 3 nitrogen and oxygen atoms in total. The molecule has 0 saturated heterocycles. The average molecular weight is 199 g/mol. The van der Waals surface area contributed by atoms with Crippen molar-refractivity contribution in [1.29, 1.82) is 0 Å². The Morgan fingerprint density at radius 2 is 2.46 bits per heavy atom. The van der Waals surface area contributed by atoms with Crippen molar-refractivity contribution in [2.75, 3.05) is 11.5 Å². The molecule has 0 aliphatic carbocycles. The molecule has 1 rings (SSSR count). The number of nitrogens with two attached hydrogens (primary N) is 1. The Kier molecular flexibility index (Phi) is 4.93. The maximum absolute atomic E-state index is 5.54. The highest BCUT2D eigenvalue weighted by Gasteiger charge is 1.98. The molecule has 13 heavy (non-hydrogen) atoms.